The van der Waals surface area contributed by atoms with Crippen LogP contribution in [0.1, 0.15) is 44.9 Å². The highest BCUT2D eigenvalue weighted by molar-refractivity contribution is 5.74. The van der Waals surface area contributed by atoms with E-state index in [1.165, 1.54) is 19.3 Å². The van der Waals surface area contributed by atoms with E-state index in [0.717, 1.165) is 65.0 Å². The first kappa shape index (κ1) is 15.6. The molecule has 5 heteroatoms. The predicted octanol–water partition coefficient (Wildman–Crippen LogP) is 1.39. The molecule has 0 spiro atoms. The highest BCUT2D eigenvalue weighted by atomic mass is 16.2. The second-order valence-corrected chi connectivity index (χ2v) is 6.11. The van der Waals surface area contributed by atoms with Gasteiger partial charge >= 0.3 is 6.03 Å². The third-order valence-electron chi connectivity index (χ3n) is 4.49. The molecule has 0 aromatic rings. The quantitative estimate of drug-likeness (QED) is 0.724. The molecule has 0 bridgehead atoms. The fourth-order valence-electron chi connectivity index (χ4n) is 2.87. The average Bonchev–Trinajstić information content (AvgIpc) is 2.64. The zero-order chi connectivity index (χ0) is 14.2. The zero-order valence-corrected chi connectivity index (χ0v) is 12.6. The van der Waals surface area contributed by atoms with E-state index in [2.05, 4.69) is 10.2 Å². The number of unbranched alkanes of at least 4 members (excludes halogenated alkanes) is 2. The van der Waals surface area contributed by atoms with Crippen LogP contribution in [0.3, 0.4) is 0 Å². The van der Waals surface area contributed by atoms with Gasteiger partial charge < -0.3 is 20.9 Å². The van der Waals surface area contributed by atoms with Crippen molar-refractivity contribution in [2.45, 2.75) is 51.0 Å². The van der Waals surface area contributed by atoms with E-state index in [4.69, 9.17) is 5.73 Å². The summed E-state index contributed by atoms with van der Waals surface area (Å²) < 4.78 is 0. The molecule has 2 fully saturated rings. The lowest BCUT2D eigenvalue weighted by atomic mass is 9.93. The summed E-state index contributed by atoms with van der Waals surface area (Å²) in [6.07, 6.45) is 8.25. The van der Waals surface area contributed by atoms with Crippen LogP contribution in [0.25, 0.3) is 0 Å². The summed E-state index contributed by atoms with van der Waals surface area (Å²) in [4.78, 5) is 16.6. The van der Waals surface area contributed by atoms with Crippen LogP contribution in [0.2, 0.25) is 0 Å². The van der Waals surface area contributed by atoms with E-state index in [1.807, 2.05) is 4.90 Å². The Morgan fingerprint density at radius 2 is 1.90 bits per heavy atom. The van der Waals surface area contributed by atoms with Gasteiger partial charge in [-0.1, -0.05) is 6.42 Å². The van der Waals surface area contributed by atoms with Crippen molar-refractivity contribution in [1.82, 2.24) is 15.1 Å². The van der Waals surface area contributed by atoms with Crippen molar-refractivity contribution in [3.8, 4) is 0 Å². The second-order valence-electron chi connectivity index (χ2n) is 6.11. The molecule has 1 aliphatic heterocycles. The molecule has 116 valence electrons. The Balaban J connectivity index is 1.64. The van der Waals surface area contributed by atoms with Crippen LogP contribution in [0.5, 0.6) is 0 Å². The first-order valence-electron chi connectivity index (χ1n) is 8.27. The van der Waals surface area contributed by atoms with Gasteiger partial charge in [-0.2, -0.15) is 0 Å². The first-order chi connectivity index (χ1) is 9.79. The largest absolute Gasteiger partial charge is 0.335 e. The maximum Gasteiger partial charge on any atom is 0.317 e. The molecule has 1 heterocycles. The van der Waals surface area contributed by atoms with Crippen molar-refractivity contribution in [2.24, 2.45) is 5.73 Å². The number of carbonyl (C=O) groups excluding carboxylic acids is 1. The van der Waals surface area contributed by atoms with E-state index in [9.17, 15) is 4.79 Å². The number of hydrogen-bond acceptors (Lipinski definition) is 3. The Labute approximate surface area is 122 Å². The Hall–Kier alpha value is -0.810. The minimum absolute atomic E-state index is 0.152. The Bertz CT molecular complexity index is 294. The van der Waals surface area contributed by atoms with Crippen molar-refractivity contribution in [3.05, 3.63) is 0 Å². The molecule has 1 saturated carbocycles. The predicted molar refractivity (Wildman–Crippen MR) is 81.7 cm³/mol. The lowest BCUT2D eigenvalue weighted by Crippen LogP contribution is -2.48. The summed E-state index contributed by atoms with van der Waals surface area (Å²) >= 11 is 0. The van der Waals surface area contributed by atoms with Crippen molar-refractivity contribution in [2.75, 3.05) is 39.3 Å². The van der Waals surface area contributed by atoms with Crippen LogP contribution < -0.4 is 11.1 Å². The third kappa shape index (κ3) is 4.94. The second kappa shape index (κ2) is 8.47. The van der Waals surface area contributed by atoms with E-state index in [1.54, 1.807) is 0 Å². The number of rotatable bonds is 6. The van der Waals surface area contributed by atoms with Crippen LogP contribution in [0.15, 0.2) is 0 Å². The highest BCUT2D eigenvalue weighted by Crippen LogP contribution is 2.18. The van der Waals surface area contributed by atoms with Gasteiger partial charge in [-0.25, -0.2) is 4.79 Å². The van der Waals surface area contributed by atoms with Crippen LogP contribution in [-0.2, 0) is 0 Å². The zero-order valence-electron chi connectivity index (χ0n) is 12.6. The minimum atomic E-state index is 0.152. The Morgan fingerprint density at radius 3 is 2.60 bits per heavy atom. The molecule has 0 atom stereocenters. The monoisotopic (exact) mass is 282 g/mol. The van der Waals surface area contributed by atoms with Crippen LogP contribution in [-0.4, -0.2) is 61.1 Å². The molecule has 0 radical (unpaired) electrons. The van der Waals surface area contributed by atoms with Crippen molar-refractivity contribution in [3.63, 3.8) is 0 Å². The molecule has 1 saturated heterocycles. The minimum Gasteiger partial charge on any atom is -0.335 e. The van der Waals surface area contributed by atoms with Crippen molar-refractivity contribution >= 4 is 6.03 Å². The van der Waals surface area contributed by atoms with Gasteiger partial charge in [-0.15, -0.1) is 0 Å². The number of nitrogens with zero attached hydrogens (tertiary/aromatic N) is 2. The van der Waals surface area contributed by atoms with Gasteiger partial charge in [0, 0.05) is 25.7 Å². The van der Waals surface area contributed by atoms with Gasteiger partial charge in [0.2, 0.25) is 0 Å². The molecule has 0 unspecified atom stereocenters. The molecular formula is C15H30N4O. The smallest absolute Gasteiger partial charge is 0.317 e. The average molecular weight is 282 g/mol. The summed E-state index contributed by atoms with van der Waals surface area (Å²) in [6, 6.07) is 0.595. The van der Waals surface area contributed by atoms with E-state index < -0.39 is 0 Å². The molecular weight excluding hydrogens is 252 g/mol. The van der Waals surface area contributed by atoms with Crippen LogP contribution in [0.4, 0.5) is 4.79 Å². The lowest BCUT2D eigenvalue weighted by molar-refractivity contribution is 0.186. The number of nitrogens with two attached hydrogens (primary N) is 1. The van der Waals surface area contributed by atoms with Gasteiger partial charge in [-0.05, 0) is 58.2 Å². The number of nitrogens with one attached hydrogen (secondary N) is 1. The fraction of sp³-hybridized carbons (Fsp3) is 0.933. The number of hydrogen-bond donors (Lipinski definition) is 2. The highest BCUT2D eigenvalue weighted by Gasteiger charge is 2.24. The fourth-order valence-corrected chi connectivity index (χ4v) is 2.87. The molecule has 3 N–H and O–H groups in total. The molecule has 0 aromatic carbocycles. The van der Waals surface area contributed by atoms with E-state index in [-0.39, 0.29) is 6.03 Å². The summed E-state index contributed by atoms with van der Waals surface area (Å²) in [7, 11) is 0. The van der Waals surface area contributed by atoms with Gasteiger partial charge in [0.15, 0.2) is 0 Å². The van der Waals surface area contributed by atoms with Crippen molar-refractivity contribution in [1.29, 1.82) is 0 Å². The third-order valence-corrected chi connectivity index (χ3v) is 4.49. The molecule has 2 rings (SSSR count). The summed E-state index contributed by atoms with van der Waals surface area (Å²) in [5, 5.41) is 3.14. The molecule has 5 nitrogen and oxygen atoms in total. The lowest BCUT2D eigenvalue weighted by Gasteiger charge is -2.30. The Kier molecular flexibility index (Phi) is 6.60. The van der Waals surface area contributed by atoms with Crippen LogP contribution in [0, 0.1) is 0 Å². The summed E-state index contributed by atoms with van der Waals surface area (Å²) in [6.45, 7) is 5.86. The molecule has 2 amide bonds. The number of amides is 2. The van der Waals surface area contributed by atoms with Crippen molar-refractivity contribution < 1.29 is 4.79 Å². The Morgan fingerprint density at radius 1 is 1.05 bits per heavy atom. The van der Waals surface area contributed by atoms with Crippen LogP contribution >= 0.6 is 0 Å². The normalized spacial score (nSPS) is 21.4. The van der Waals surface area contributed by atoms with E-state index >= 15 is 0 Å². The molecule has 1 aliphatic carbocycles. The first-order valence-corrected chi connectivity index (χ1v) is 8.27. The SMILES string of the molecule is NCCCCCN1CCCN(C(=O)NC2CCC2)CC1. The number of carbonyl (C=O) groups is 1. The maximum absolute atomic E-state index is 12.1. The standard InChI is InChI=1S/C15H30N4O/c16-8-2-1-3-9-18-10-5-11-19(13-12-18)15(20)17-14-6-4-7-14/h14H,1-13,16H2,(H,17,20). The molecule has 0 aromatic heterocycles. The van der Waals surface area contributed by atoms with E-state index in [0.29, 0.717) is 6.04 Å². The summed E-state index contributed by atoms with van der Waals surface area (Å²) in [5.41, 5.74) is 5.52. The van der Waals surface area contributed by atoms with Gasteiger partial charge in [0.25, 0.3) is 0 Å². The van der Waals surface area contributed by atoms with Gasteiger partial charge in [0.1, 0.15) is 0 Å². The topological polar surface area (TPSA) is 61.6 Å². The van der Waals surface area contributed by atoms with Gasteiger partial charge in [0.05, 0.1) is 0 Å². The molecule has 2 aliphatic rings. The summed E-state index contributed by atoms with van der Waals surface area (Å²) in [5.74, 6) is 0. The number of urea groups is 1. The molecule has 20 heavy (non-hydrogen) atoms. The maximum atomic E-state index is 12.1. The van der Waals surface area contributed by atoms with Gasteiger partial charge in [-0.3, -0.25) is 0 Å².